The molecule has 1 unspecified atom stereocenters. The molecule has 2 aliphatic rings. The first-order chi connectivity index (χ1) is 12.4. The third-order valence-corrected chi connectivity index (χ3v) is 7.34. The molecule has 0 saturated carbocycles. The Morgan fingerprint density at radius 1 is 1.19 bits per heavy atom. The van der Waals surface area contributed by atoms with Gasteiger partial charge in [0.25, 0.3) is 0 Å². The molecule has 1 N–H and O–H groups in total. The smallest absolute Gasteiger partial charge is 0.243 e. The van der Waals surface area contributed by atoms with Crippen molar-refractivity contribution in [2.75, 3.05) is 40.3 Å². The number of sulfonamides is 1. The van der Waals surface area contributed by atoms with Crippen LogP contribution in [-0.4, -0.2) is 69.9 Å². The van der Waals surface area contributed by atoms with Crippen molar-refractivity contribution in [3.63, 3.8) is 0 Å². The van der Waals surface area contributed by atoms with Crippen molar-refractivity contribution in [3.05, 3.63) is 24.3 Å². The molecule has 0 bridgehead atoms. The summed E-state index contributed by atoms with van der Waals surface area (Å²) in [5.41, 5.74) is 0. The van der Waals surface area contributed by atoms with E-state index in [1.54, 1.807) is 31.4 Å². The summed E-state index contributed by atoms with van der Waals surface area (Å²) in [4.78, 5) is 14.8. The number of benzene rings is 1. The van der Waals surface area contributed by atoms with E-state index < -0.39 is 10.0 Å². The molecule has 0 spiro atoms. The lowest BCUT2D eigenvalue weighted by atomic mass is 9.96. The van der Waals surface area contributed by atoms with Crippen LogP contribution in [-0.2, 0) is 14.8 Å². The Morgan fingerprint density at radius 2 is 1.81 bits per heavy atom. The number of methoxy groups -OCH3 is 1. The first-order valence-corrected chi connectivity index (χ1v) is 10.5. The zero-order chi connectivity index (χ0) is 18.7. The maximum Gasteiger partial charge on any atom is 0.243 e. The predicted octanol–water partition coefficient (Wildman–Crippen LogP) is 1.34. The number of halogens is 1. The molecule has 1 amide bonds. The lowest BCUT2D eigenvalue weighted by Gasteiger charge is -2.34. The minimum Gasteiger partial charge on any atom is -0.497 e. The first kappa shape index (κ1) is 21.9. The molecule has 9 heteroatoms. The number of piperidine rings is 1. The Hall–Kier alpha value is -1.35. The van der Waals surface area contributed by atoms with Gasteiger partial charge in [0.1, 0.15) is 5.75 Å². The predicted molar refractivity (Wildman–Crippen MR) is 106 cm³/mol. The third-order valence-electron chi connectivity index (χ3n) is 5.43. The second-order valence-electron chi connectivity index (χ2n) is 6.95. The maximum absolute atomic E-state index is 12.8. The Labute approximate surface area is 167 Å². The van der Waals surface area contributed by atoms with Crippen LogP contribution in [0.1, 0.15) is 19.3 Å². The van der Waals surface area contributed by atoms with Gasteiger partial charge in [-0.2, -0.15) is 4.31 Å². The van der Waals surface area contributed by atoms with Crippen molar-refractivity contribution in [2.45, 2.75) is 30.2 Å². The van der Waals surface area contributed by atoms with Gasteiger partial charge in [-0.1, -0.05) is 0 Å². The number of rotatable bonds is 5. The average molecular weight is 418 g/mol. The number of ether oxygens (including phenoxy) is 1. The number of hydrogen-bond donors (Lipinski definition) is 1. The van der Waals surface area contributed by atoms with E-state index >= 15 is 0 Å². The number of nitrogens with one attached hydrogen (secondary N) is 1. The monoisotopic (exact) mass is 417 g/mol. The summed E-state index contributed by atoms with van der Waals surface area (Å²) in [7, 11) is -0.122. The molecule has 2 aliphatic heterocycles. The van der Waals surface area contributed by atoms with Crippen LogP contribution in [0.4, 0.5) is 0 Å². The Kier molecular flexibility index (Phi) is 7.50. The fourth-order valence-corrected chi connectivity index (χ4v) is 5.15. The van der Waals surface area contributed by atoms with Crippen LogP contribution in [0.25, 0.3) is 0 Å². The van der Waals surface area contributed by atoms with Crippen LogP contribution in [0.5, 0.6) is 5.75 Å². The molecule has 1 atom stereocenters. The number of carbonyl (C=O) groups excluding carboxylic acids is 1. The number of amides is 1. The second kappa shape index (κ2) is 9.23. The summed E-state index contributed by atoms with van der Waals surface area (Å²) in [6, 6.07) is 6.67. The molecule has 1 aromatic rings. The lowest BCUT2D eigenvalue weighted by Crippen LogP contribution is -2.46. The summed E-state index contributed by atoms with van der Waals surface area (Å²) in [6.07, 6.45) is 2.12. The van der Waals surface area contributed by atoms with E-state index in [2.05, 4.69) is 5.32 Å². The summed E-state index contributed by atoms with van der Waals surface area (Å²) in [6.45, 7) is 2.54. The highest BCUT2D eigenvalue weighted by Gasteiger charge is 2.35. The minimum atomic E-state index is -3.53. The van der Waals surface area contributed by atoms with Crippen molar-refractivity contribution >= 4 is 28.3 Å². The van der Waals surface area contributed by atoms with Gasteiger partial charge in [-0.25, -0.2) is 8.42 Å². The quantitative estimate of drug-likeness (QED) is 0.782. The summed E-state index contributed by atoms with van der Waals surface area (Å²) in [5.74, 6) is 0.667. The standard InChI is InChI=1S/C18H27N3O4S.ClH/c1-20(15-7-10-19-13-15)18(22)14-8-11-21(12-9-14)26(23,24)17-5-3-16(25-2)4-6-17;/h3-6,14-15,19H,7-13H2,1-2H3;1H. The van der Waals surface area contributed by atoms with Crippen molar-refractivity contribution < 1.29 is 17.9 Å². The summed E-state index contributed by atoms with van der Waals surface area (Å²) in [5, 5.41) is 3.27. The topological polar surface area (TPSA) is 79.0 Å². The van der Waals surface area contributed by atoms with Crippen LogP contribution in [0.3, 0.4) is 0 Å². The number of nitrogens with zero attached hydrogens (tertiary/aromatic N) is 2. The van der Waals surface area contributed by atoms with E-state index in [1.165, 1.54) is 4.31 Å². The van der Waals surface area contributed by atoms with Gasteiger partial charge >= 0.3 is 0 Å². The Balaban J connectivity index is 0.00000261. The van der Waals surface area contributed by atoms with E-state index in [0.29, 0.717) is 31.7 Å². The molecule has 2 fully saturated rings. The Morgan fingerprint density at radius 3 is 2.33 bits per heavy atom. The highest BCUT2D eigenvalue weighted by molar-refractivity contribution is 7.89. The van der Waals surface area contributed by atoms with Gasteiger partial charge in [-0.3, -0.25) is 4.79 Å². The van der Waals surface area contributed by atoms with Crippen LogP contribution in [0.15, 0.2) is 29.2 Å². The summed E-state index contributed by atoms with van der Waals surface area (Å²) >= 11 is 0. The van der Waals surface area contributed by atoms with E-state index in [4.69, 9.17) is 4.74 Å². The van der Waals surface area contributed by atoms with Gasteiger partial charge in [-0.05, 0) is 50.1 Å². The fraction of sp³-hybridized carbons (Fsp3) is 0.611. The largest absolute Gasteiger partial charge is 0.497 e. The molecule has 0 aromatic heterocycles. The van der Waals surface area contributed by atoms with Crippen molar-refractivity contribution in [2.24, 2.45) is 5.92 Å². The van der Waals surface area contributed by atoms with Crippen LogP contribution in [0, 0.1) is 5.92 Å². The van der Waals surface area contributed by atoms with Gasteiger partial charge in [0.15, 0.2) is 0 Å². The molecule has 2 saturated heterocycles. The van der Waals surface area contributed by atoms with Crippen LogP contribution >= 0.6 is 12.4 Å². The van der Waals surface area contributed by atoms with Gasteiger partial charge < -0.3 is 15.0 Å². The molecule has 27 heavy (non-hydrogen) atoms. The number of likely N-dealkylation sites (N-methyl/N-ethyl adjacent to an activating group) is 1. The third kappa shape index (κ3) is 4.74. The molecule has 0 radical (unpaired) electrons. The molecule has 152 valence electrons. The molecule has 0 aliphatic carbocycles. The number of hydrogen-bond acceptors (Lipinski definition) is 5. The van der Waals surface area contributed by atoms with Gasteiger partial charge in [0, 0.05) is 38.6 Å². The highest BCUT2D eigenvalue weighted by Crippen LogP contribution is 2.26. The zero-order valence-corrected chi connectivity index (χ0v) is 17.4. The maximum atomic E-state index is 12.8. The fourth-order valence-electron chi connectivity index (χ4n) is 3.68. The molecular formula is C18H28ClN3O4S. The lowest BCUT2D eigenvalue weighted by molar-refractivity contribution is -0.137. The van der Waals surface area contributed by atoms with E-state index in [0.717, 1.165) is 19.5 Å². The van der Waals surface area contributed by atoms with E-state index in [-0.39, 0.29) is 35.2 Å². The van der Waals surface area contributed by atoms with E-state index in [9.17, 15) is 13.2 Å². The van der Waals surface area contributed by atoms with Crippen LogP contribution in [0.2, 0.25) is 0 Å². The minimum absolute atomic E-state index is 0. The molecule has 1 aromatic carbocycles. The van der Waals surface area contributed by atoms with Crippen molar-refractivity contribution in [1.29, 1.82) is 0 Å². The SMILES string of the molecule is COc1ccc(S(=O)(=O)N2CCC(C(=O)N(C)C3CCNC3)CC2)cc1.Cl. The van der Waals surface area contributed by atoms with Gasteiger partial charge in [-0.15, -0.1) is 12.4 Å². The molecule has 2 heterocycles. The number of carbonyl (C=O) groups is 1. The molecule has 3 rings (SSSR count). The molecular weight excluding hydrogens is 390 g/mol. The van der Waals surface area contributed by atoms with Gasteiger partial charge in [0.2, 0.25) is 15.9 Å². The van der Waals surface area contributed by atoms with Gasteiger partial charge in [0.05, 0.1) is 12.0 Å². The zero-order valence-electron chi connectivity index (χ0n) is 15.8. The Bertz CT molecular complexity index is 727. The van der Waals surface area contributed by atoms with Crippen molar-refractivity contribution in [1.82, 2.24) is 14.5 Å². The van der Waals surface area contributed by atoms with Crippen molar-refractivity contribution in [3.8, 4) is 5.75 Å². The summed E-state index contributed by atoms with van der Waals surface area (Å²) < 4.78 is 32.1. The normalized spacial score (nSPS) is 21.5. The average Bonchev–Trinajstić information content (AvgIpc) is 3.21. The second-order valence-corrected chi connectivity index (χ2v) is 8.89. The van der Waals surface area contributed by atoms with E-state index in [1.807, 2.05) is 11.9 Å². The van der Waals surface area contributed by atoms with Crippen LogP contribution < -0.4 is 10.1 Å². The molecule has 7 nitrogen and oxygen atoms in total. The highest BCUT2D eigenvalue weighted by atomic mass is 35.5. The first-order valence-electron chi connectivity index (χ1n) is 9.05.